The summed E-state index contributed by atoms with van der Waals surface area (Å²) in [7, 11) is -0.916. The number of nitrogens with zero attached hydrogens (tertiary/aromatic N) is 2. The number of rotatable bonds is 9. The molecule has 0 amide bonds. The number of carboxylic acid groups (broad SMARTS) is 1. The van der Waals surface area contributed by atoms with Gasteiger partial charge in [-0.2, -0.15) is 10.2 Å². The van der Waals surface area contributed by atoms with Crippen LogP contribution in [-0.2, 0) is 0 Å². The molecule has 1 aliphatic heterocycles. The number of hydrogen-bond acceptors (Lipinski definition) is 6. The van der Waals surface area contributed by atoms with Crippen LogP contribution < -0.4 is 9.31 Å². The second-order valence-electron chi connectivity index (χ2n) is 10.5. The van der Waals surface area contributed by atoms with Crippen LogP contribution in [0.1, 0.15) is 26.5 Å². The predicted octanol–water partition coefficient (Wildman–Crippen LogP) is 8.56. The minimum absolute atomic E-state index is 0.168. The van der Waals surface area contributed by atoms with Gasteiger partial charge in [-0.1, -0.05) is 60.7 Å². The smallest absolute Gasteiger partial charge is 0.519 e. The summed E-state index contributed by atoms with van der Waals surface area (Å²) in [4.78, 5) is 31.4. The Morgan fingerprint density at radius 2 is 1.20 bits per heavy atom. The lowest BCUT2D eigenvalue weighted by molar-refractivity contribution is 0.0696. The van der Waals surface area contributed by atoms with Gasteiger partial charge >= 0.3 is 13.1 Å². The fourth-order valence-electron chi connectivity index (χ4n) is 5.08. The molecule has 3 heterocycles. The third-order valence-electron chi connectivity index (χ3n) is 7.45. The number of aromatic nitrogens is 2. The Bertz CT molecular complexity index is 2100. The molecule has 6 aromatic rings. The summed E-state index contributed by atoms with van der Waals surface area (Å²) in [5, 5.41) is 17.6. The maximum atomic E-state index is 13.6. The number of H-pyrrole nitrogens is 2. The molecule has 0 spiro atoms. The van der Waals surface area contributed by atoms with Crippen molar-refractivity contribution in [3.8, 4) is 34.0 Å². The average Bonchev–Trinajstić information content (AvgIpc) is 3.87. The van der Waals surface area contributed by atoms with Crippen molar-refractivity contribution in [3.05, 3.63) is 150 Å². The van der Waals surface area contributed by atoms with Crippen molar-refractivity contribution in [1.82, 2.24) is 9.97 Å². The second kappa shape index (κ2) is 12.3. The van der Waals surface area contributed by atoms with Gasteiger partial charge in [-0.25, -0.2) is 4.79 Å². The van der Waals surface area contributed by atoms with Crippen LogP contribution in [0.4, 0.5) is 11.4 Å². The Morgan fingerprint density at radius 1 is 0.630 bits per heavy atom. The van der Waals surface area contributed by atoms with Crippen molar-refractivity contribution < 1.29 is 24.0 Å². The molecule has 2 aromatic heterocycles. The van der Waals surface area contributed by atoms with Crippen molar-refractivity contribution in [2.24, 2.45) is 10.2 Å². The molecular formula is C36H25BN4O5. The number of azo groups is 1. The number of hydrogen-bond donors (Lipinski definition) is 3. The molecule has 1 aliphatic rings. The topological polar surface area (TPSA) is 129 Å². The predicted molar refractivity (Wildman–Crippen MR) is 176 cm³/mol. The van der Waals surface area contributed by atoms with Gasteiger partial charge in [-0.05, 0) is 77.9 Å². The van der Waals surface area contributed by atoms with Crippen molar-refractivity contribution >= 4 is 35.7 Å². The summed E-state index contributed by atoms with van der Waals surface area (Å²) in [5.41, 5.74) is 6.50. The van der Waals surface area contributed by atoms with Crippen LogP contribution in [0, 0.1) is 0 Å². The molecule has 0 radical (unpaired) electrons. The highest BCUT2D eigenvalue weighted by atomic mass is 16.6. The normalized spacial score (nSPS) is 12.5. The van der Waals surface area contributed by atoms with Gasteiger partial charge in [0.25, 0.3) is 0 Å². The number of carbonyl (C=O) groups is 2. The molecule has 7 rings (SSSR count). The number of aromatic amines is 2. The van der Waals surface area contributed by atoms with Crippen molar-refractivity contribution in [3.63, 3.8) is 0 Å². The fraction of sp³-hybridized carbons (Fsp3) is 0. The lowest BCUT2D eigenvalue weighted by atomic mass is 9.75. The number of carboxylic acids is 1. The molecule has 0 saturated heterocycles. The van der Waals surface area contributed by atoms with Crippen LogP contribution >= 0.6 is 0 Å². The Labute approximate surface area is 264 Å². The van der Waals surface area contributed by atoms with E-state index in [0.29, 0.717) is 39.7 Å². The first-order valence-corrected chi connectivity index (χ1v) is 14.5. The number of allylic oxidation sites excluding steroid dienone is 1. The Balaban J connectivity index is 1.17. The van der Waals surface area contributed by atoms with E-state index in [1.165, 1.54) is 18.2 Å². The van der Waals surface area contributed by atoms with E-state index in [2.05, 4.69) is 20.2 Å². The summed E-state index contributed by atoms with van der Waals surface area (Å²) in [6, 6.07) is 38.5. The first kappa shape index (κ1) is 28.4. The Morgan fingerprint density at radius 3 is 1.85 bits per heavy atom. The summed E-state index contributed by atoms with van der Waals surface area (Å²) in [6.07, 6.45) is 1.53. The highest BCUT2D eigenvalue weighted by Crippen LogP contribution is 2.40. The number of ketones is 1. The van der Waals surface area contributed by atoms with E-state index in [1.807, 2.05) is 78.9 Å². The molecule has 0 bridgehead atoms. The van der Waals surface area contributed by atoms with E-state index in [9.17, 15) is 9.59 Å². The van der Waals surface area contributed by atoms with Crippen LogP contribution in [-0.4, -0.2) is 33.9 Å². The maximum Gasteiger partial charge on any atom is 0.635 e. The molecule has 0 fully saturated rings. The highest BCUT2D eigenvalue weighted by molar-refractivity contribution is 6.71. The number of fused-ring (bicyclic) bond motifs is 1. The van der Waals surface area contributed by atoms with Crippen molar-refractivity contribution in [1.29, 1.82) is 0 Å². The van der Waals surface area contributed by atoms with E-state index in [1.54, 1.807) is 36.4 Å². The molecule has 0 unspecified atom stereocenters. The van der Waals surface area contributed by atoms with Crippen LogP contribution in [0.3, 0.4) is 0 Å². The third kappa shape index (κ3) is 6.00. The van der Waals surface area contributed by atoms with Gasteiger partial charge in [0.15, 0.2) is 0 Å². The maximum absolute atomic E-state index is 13.6. The average molecular weight is 604 g/mol. The summed E-state index contributed by atoms with van der Waals surface area (Å²) in [6.45, 7) is 0. The third-order valence-corrected chi connectivity index (χ3v) is 7.45. The Hall–Kier alpha value is -6.42. The van der Waals surface area contributed by atoms with Gasteiger partial charge in [-0.3, -0.25) is 4.79 Å². The molecular weight excluding hydrogens is 579 g/mol. The van der Waals surface area contributed by atoms with Crippen LogP contribution in [0.2, 0.25) is 0 Å². The van der Waals surface area contributed by atoms with Gasteiger partial charge in [-0.15, -0.1) is 0 Å². The molecule has 10 heteroatoms. The number of carbonyl (C=O) groups excluding carboxylic acids is 1. The summed E-state index contributed by atoms with van der Waals surface area (Å²) in [5.74, 6) is -0.305. The van der Waals surface area contributed by atoms with E-state index in [0.717, 1.165) is 22.5 Å². The lowest BCUT2D eigenvalue weighted by Crippen LogP contribution is -2.27. The molecule has 222 valence electrons. The van der Waals surface area contributed by atoms with E-state index in [-0.39, 0.29) is 11.3 Å². The minimum atomic E-state index is -1.01. The molecule has 9 nitrogen and oxygen atoms in total. The van der Waals surface area contributed by atoms with E-state index >= 15 is 0 Å². The van der Waals surface area contributed by atoms with Gasteiger partial charge in [0.1, 0.15) is 11.5 Å². The number of benzene rings is 4. The van der Waals surface area contributed by atoms with Crippen LogP contribution in [0.5, 0.6) is 11.5 Å². The quantitative estimate of drug-likeness (QED) is 0.0659. The summed E-state index contributed by atoms with van der Waals surface area (Å²) >= 11 is 0. The first-order chi connectivity index (χ1) is 22.5. The zero-order valence-corrected chi connectivity index (χ0v) is 24.3. The number of nitrogens with one attached hydrogen (secondary N) is 2. The van der Waals surface area contributed by atoms with E-state index in [4.69, 9.17) is 14.4 Å². The first-order valence-electron chi connectivity index (χ1n) is 14.5. The molecule has 4 aromatic carbocycles. The van der Waals surface area contributed by atoms with Crippen molar-refractivity contribution in [2.75, 3.05) is 0 Å². The number of aromatic carboxylic acids is 1. The largest absolute Gasteiger partial charge is 0.635 e. The molecule has 0 aliphatic carbocycles. The zero-order chi connectivity index (χ0) is 31.5. The summed E-state index contributed by atoms with van der Waals surface area (Å²) < 4.78 is 12.4. The molecule has 0 saturated carbocycles. The monoisotopic (exact) mass is 604 g/mol. The minimum Gasteiger partial charge on any atom is -0.519 e. The van der Waals surface area contributed by atoms with Gasteiger partial charge in [0, 0.05) is 28.6 Å². The Kier molecular flexibility index (Phi) is 7.58. The van der Waals surface area contributed by atoms with Gasteiger partial charge in [0.2, 0.25) is 5.78 Å². The SMILES string of the molecule is O=C(O)c1ccc(N=Nc2ccc3c(c2)OB(/C(=C/C(=O)c2ccc(-c4ccccc4)[nH]2)c2ccc(-c4ccccc4)[nH]2)O3)cc1. The van der Waals surface area contributed by atoms with Crippen LogP contribution in [0.25, 0.3) is 28.0 Å². The second-order valence-corrected chi connectivity index (χ2v) is 10.5. The van der Waals surface area contributed by atoms with Crippen molar-refractivity contribution in [2.45, 2.75) is 0 Å². The molecule has 46 heavy (non-hydrogen) atoms. The molecule has 3 N–H and O–H groups in total. The van der Waals surface area contributed by atoms with E-state index < -0.39 is 13.1 Å². The van der Waals surface area contributed by atoms with Gasteiger partial charge in [0.05, 0.1) is 22.6 Å². The molecule has 0 atom stereocenters. The highest BCUT2D eigenvalue weighted by Gasteiger charge is 2.38. The zero-order valence-electron chi connectivity index (χ0n) is 24.3. The lowest BCUT2D eigenvalue weighted by Gasteiger charge is -2.09. The van der Waals surface area contributed by atoms with Gasteiger partial charge < -0.3 is 24.4 Å². The standard InChI is InChI=1S/C36H25BN4O5/c42-33(32-19-17-30(39-32)24-9-5-2-6-10-24)22-28(31-18-16-29(38-31)23-7-3-1-4-8-23)37-45-34-20-15-27(21-35(34)46-37)41-40-26-13-11-25(12-14-26)36(43)44/h1-22,38-39H,(H,43,44)/b28-22+,41-40?. The van der Waals surface area contributed by atoms with Crippen LogP contribution in [0.15, 0.2) is 144 Å². The fourth-order valence-corrected chi connectivity index (χ4v) is 5.08.